The van der Waals surface area contributed by atoms with Gasteiger partial charge in [0.25, 0.3) is 0 Å². The van der Waals surface area contributed by atoms with Gasteiger partial charge >= 0.3 is 0 Å². The summed E-state index contributed by atoms with van der Waals surface area (Å²) in [5, 5.41) is 8.74. The van der Waals surface area contributed by atoms with E-state index in [9.17, 15) is 8.42 Å². The third-order valence-electron chi connectivity index (χ3n) is 4.01. The molecular weight excluding hydrogens is 280 g/mol. The van der Waals surface area contributed by atoms with E-state index >= 15 is 0 Å². The molecule has 0 amide bonds. The number of thiophene rings is 1. The first-order valence-corrected chi connectivity index (χ1v) is 8.81. The summed E-state index contributed by atoms with van der Waals surface area (Å²) in [6.07, 6.45) is 5.57. The highest BCUT2D eigenvalue weighted by atomic mass is 32.2. The van der Waals surface area contributed by atoms with Crippen LogP contribution in [-0.4, -0.2) is 15.0 Å². The Morgan fingerprint density at radius 2 is 2.11 bits per heavy atom. The topological polar surface area (TPSA) is 70.0 Å². The van der Waals surface area contributed by atoms with Crippen molar-refractivity contribution in [2.24, 2.45) is 5.41 Å². The summed E-state index contributed by atoms with van der Waals surface area (Å²) in [5.74, 6) is 0. The summed E-state index contributed by atoms with van der Waals surface area (Å²) in [4.78, 5) is 0.423. The van der Waals surface area contributed by atoms with Crippen LogP contribution in [0.4, 0.5) is 0 Å². The third kappa shape index (κ3) is 3.16. The van der Waals surface area contributed by atoms with Gasteiger partial charge in [0.1, 0.15) is 15.2 Å². The van der Waals surface area contributed by atoms with Crippen LogP contribution in [0.2, 0.25) is 0 Å². The van der Waals surface area contributed by atoms with E-state index in [-0.39, 0.29) is 9.62 Å². The van der Waals surface area contributed by atoms with E-state index in [1.54, 1.807) is 6.07 Å². The second-order valence-electron chi connectivity index (χ2n) is 5.12. The lowest BCUT2D eigenvalue weighted by atomic mass is 9.84. The van der Waals surface area contributed by atoms with Gasteiger partial charge in [-0.2, -0.15) is 5.26 Å². The van der Waals surface area contributed by atoms with Crippen molar-refractivity contribution in [3.63, 3.8) is 0 Å². The molecule has 19 heavy (non-hydrogen) atoms. The molecule has 0 spiro atoms. The fourth-order valence-corrected chi connectivity index (χ4v) is 4.93. The van der Waals surface area contributed by atoms with Crippen LogP contribution in [-0.2, 0) is 10.0 Å². The Balaban J connectivity index is 2.07. The van der Waals surface area contributed by atoms with Gasteiger partial charge in [0, 0.05) is 6.54 Å². The number of rotatable bonds is 5. The smallest absolute Gasteiger partial charge is 0.210 e. The molecule has 1 aliphatic carbocycles. The number of sulfonamides is 1. The maximum absolute atomic E-state index is 12.2. The van der Waals surface area contributed by atoms with Crippen LogP contribution < -0.4 is 4.72 Å². The fourth-order valence-electron chi connectivity index (χ4n) is 2.62. The standard InChI is InChI=1S/C13H18N2O2S2/c1-2-13(7-3-4-8-13)10-15-19(16,17)12-6-5-11(9-14)18-12/h5-6,15H,2-4,7-8,10H2,1H3. The molecule has 2 rings (SSSR count). The predicted octanol–water partition coefficient (Wildman–Crippen LogP) is 2.87. The van der Waals surface area contributed by atoms with E-state index in [1.165, 1.54) is 18.9 Å². The third-order valence-corrected chi connectivity index (χ3v) is 6.89. The molecule has 0 aliphatic heterocycles. The van der Waals surface area contributed by atoms with Gasteiger partial charge in [-0.15, -0.1) is 11.3 Å². The van der Waals surface area contributed by atoms with Gasteiger partial charge < -0.3 is 0 Å². The van der Waals surface area contributed by atoms with Crippen LogP contribution in [0.25, 0.3) is 0 Å². The summed E-state index contributed by atoms with van der Waals surface area (Å²) in [5.41, 5.74) is 0.127. The molecule has 0 aromatic carbocycles. The van der Waals surface area contributed by atoms with E-state index in [4.69, 9.17) is 5.26 Å². The van der Waals surface area contributed by atoms with Gasteiger partial charge in [0.15, 0.2) is 0 Å². The molecule has 4 nitrogen and oxygen atoms in total. The van der Waals surface area contributed by atoms with Crippen molar-refractivity contribution in [1.29, 1.82) is 5.26 Å². The quantitative estimate of drug-likeness (QED) is 0.908. The van der Waals surface area contributed by atoms with Crippen molar-refractivity contribution in [1.82, 2.24) is 4.72 Å². The Morgan fingerprint density at radius 3 is 2.63 bits per heavy atom. The van der Waals surface area contributed by atoms with Crippen molar-refractivity contribution in [2.45, 2.75) is 43.2 Å². The van der Waals surface area contributed by atoms with Crippen LogP contribution in [0.3, 0.4) is 0 Å². The summed E-state index contributed by atoms with van der Waals surface area (Å²) >= 11 is 1.02. The van der Waals surface area contributed by atoms with Crippen LogP contribution in [0.5, 0.6) is 0 Å². The molecule has 1 N–H and O–H groups in total. The average molecular weight is 298 g/mol. The van der Waals surface area contributed by atoms with Gasteiger partial charge in [0.05, 0.1) is 0 Å². The first kappa shape index (κ1) is 14.5. The average Bonchev–Trinajstić information content (AvgIpc) is 3.06. The number of hydrogen-bond donors (Lipinski definition) is 1. The zero-order valence-corrected chi connectivity index (χ0v) is 12.6. The Labute approximate surface area is 118 Å². The number of nitrogens with one attached hydrogen (secondary N) is 1. The van der Waals surface area contributed by atoms with Crippen LogP contribution in [0.15, 0.2) is 16.3 Å². The molecule has 1 aromatic heterocycles. The molecule has 0 unspecified atom stereocenters. The molecule has 6 heteroatoms. The van der Waals surface area contributed by atoms with Crippen LogP contribution in [0, 0.1) is 16.7 Å². The molecule has 1 aromatic rings. The van der Waals surface area contributed by atoms with Crippen molar-refractivity contribution in [3.8, 4) is 6.07 Å². The minimum Gasteiger partial charge on any atom is -0.210 e. The highest BCUT2D eigenvalue weighted by Crippen LogP contribution is 2.40. The molecule has 1 aliphatic rings. The summed E-state index contributed by atoms with van der Waals surface area (Å²) in [6.45, 7) is 2.63. The largest absolute Gasteiger partial charge is 0.250 e. The Morgan fingerprint density at radius 1 is 1.42 bits per heavy atom. The highest BCUT2D eigenvalue weighted by molar-refractivity contribution is 7.91. The lowest BCUT2D eigenvalue weighted by Crippen LogP contribution is -2.35. The Kier molecular flexibility index (Phi) is 4.29. The molecule has 1 fully saturated rings. The monoisotopic (exact) mass is 298 g/mol. The molecule has 1 saturated carbocycles. The van der Waals surface area contributed by atoms with Crippen LogP contribution in [0.1, 0.15) is 43.9 Å². The number of nitriles is 1. The van der Waals surface area contributed by atoms with Crippen molar-refractivity contribution < 1.29 is 8.42 Å². The minimum atomic E-state index is -3.47. The van der Waals surface area contributed by atoms with E-state index < -0.39 is 10.0 Å². The predicted molar refractivity (Wildman–Crippen MR) is 75.4 cm³/mol. The van der Waals surface area contributed by atoms with E-state index in [1.807, 2.05) is 6.07 Å². The van der Waals surface area contributed by atoms with Gasteiger partial charge in [0.2, 0.25) is 10.0 Å². The summed E-state index contributed by atoms with van der Waals surface area (Å²) in [7, 11) is -3.47. The number of hydrogen-bond acceptors (Lipinski definition) is 4. The lowest BCUT2D eigenvalue weighted by Gasteiger charge is -2.27. The van der Waals surface area contributed by atoms with E-state index in [0.29, 0.717) is 11.4 Å². The maximum Gasteiger partial charge on any atom is 0.250 e. The molecule has 0 bridgehead atoms. The van der Waals surface area contributed by atoms with Crippen molar-refractivity contribution in [2.75, 3.05) is 6.54 Å². The molecular formula is C13H18N2O2S2. The van der Waals surface area contributed by atoms with Crippen molar-refractivity contribution >= 4 is 21.4 Å². The zero-order chi connectivity index (χ0) is 13.9. The maximum atomic E-state index is 12.2. The normalized spacial score (nSPS) is 18.3. The molecule has 104 valence electrons. The van der Waals surface area contributed by atoms with Gasteiger partial charge in [-0.3, -0.25) is 0 Å². The van der Waals surface area contributed by atoms with Crippen LogP contribution >= 0.6 is 11.3 Å². The van der Waals surface area contributed by atoms with Crippen molar-refractivity contribution in [3.05, 3.63) is 17.0 Å². The first-order chi connectivity index (χ1) is 9.01. The van der Waals surface area contributed by atoms with Gasteiger partial charge in [-0.1, -0.05) is 19.8 Å². The second kappa shape index (κ2) is 5.61. The van der Waals surface area contributed by atoms with Gasteiger partial charge in [-0.25, -0.2) is 13.1 Å². The molecule has 1 heterocycles. The minimum absolute atomic E-state index is 0.127. The first-order valence-electron chi connectivity index (χ1n) is 6.51. The lowest BCUT2D eigenvalue weighted by molar-refractivity contribution is 0.286. The number of nitrogens with zero attached hydrogens (tertiary/aromatic N) is 1. The zero-order valence-electron chi connectivity index (χ0n) is 11.0. The highest BCUT2D eigenvalue weighted by Gasteiger charge is 2.33. The Bertz CT molecular complexity index is 578. The van der Waals surface area contributed by atoms with E-state index in [2.05, 4.69) is 11.6 Å². The summed E-state index contributed by atoms with van der Waals surface area (Å²) in [6, 6.07) is 5.01. The Hall–Kier alpha value is -0.900. The van der Waals surface area contributed by atoms with E-state index in [0.717, 1.165) is 30.6 Å². The molecule has 0 saturated heterocycles. The molecule has 0 atom stereocenters. The molecule has 0 radical (unpaired) electrons. The summed E-state index contributed by atoms with van der Waals surface area (Å²) < 4.78 is 27.3. The second-order valence-corrected chi connectivity index (χ2v) is 8.19. The fraction of sp³-hybridized carbons (Fsp3) is 0.615. The van der Waals surface area contributed by atoms with Gasteiger partial charge in [-0.05, 0) is 36.8 Å². The SMILES string of the molecule is CCC1(CNS(=O)(=O)c2ccc(C#N)s2)CCCC1.